The summed E-state index contributed by atoms with van der Waals surface area (Å²) in [4.78, 5) is 16.4. The van der Waals surface area contributed by atoms with Gasteiger partial charge in [-0.05, 0) is 5.56 Å². The summed E-state index contributed by atoms with van der Waals surface area (Å²) >= 11 is 0. The highest BCUT2D eigenvalue weighted by molar-refractivity contribution is 5.85. The molecular formula is C15H20N3O+. The molecule has 0 fully saturated rings. The molecule has 0 atom stereocenters. The molecule has 100 valence electrons. The van der Waals surface area contributed by atoms with Gasteiger partial charge >= 0.3 is 6.03 Å². The van der Waals surface area contributed by atoms with Crippen molar-refractivity contribution < 1.29 is 9.79 Å². The average molecular weight is 258 g/mol. The zero-order valence-electron chi connectivity index (χ0n) is 11.0. The second-order valence-electron chi connectivity index (χ2n) is 3.91. The fourth-order valence-electron chi connectivity index (χ4n) is 1.46. The molecule has 19 heavy (non-hydrogen) atoms. The third-order valence-corrected chi connectivity index (χ3v) is 2.38. The Morgan fingerprint density at radius 3 is 2.63 bits per heavy atom. The Kier molecular flexibility index (Phi) is 6.72. The van der Waals surface area contributed by atoms with Crippen molar-refractivity contribution in [1.82, 2.24) is 10.2 Å². The molecule has 2 amide bonds. The van der Waals surface area contributed by atoms with E-state index in [9.17, 15) is 4.79 Å². The average Bonchev–Trinajstić information content (AvgIpc) is 2.45. The van der Waals surface area contributed by atoms with Crippen molar-refractivity contribution in [2.24, 2.45) is 0 Å². The molecule has 0 aliphatic heterocycles. The van der Waals surface area contributed by atoms with Gasteiger partial charge in [-0.1, -0.05) is 49.1 Å². The largest absolute Gasteiger partial charge is 0.408 e. The van der Waals surface area contributed by atoms with Gasteiger partial charge in [-0.2, -0.15) is 4.90 Å². The molecule has 0 saturated carbocycles. The maximum atomic E-state index is 11.8. The predicted octanol–water partition coefficient (Wildman–Crippen LogP) is 0.679. The SMILES string of the molecule is C=CCNC(=O)N(C=[NH+]Cc1ccccc1)CC=C. The molecule has 4 nitrogen and oxygen atoms in total. The lowest BCUT2D eigenvalue weighted by Gasteiger charge is -2.08. The van der Waals surface area contributed by atoms with Crippen LogP contribution in [0.4, 0.5) is 4.79 Å². The molecule has 1 aromatic rings. The first-order chi connectivity index (χ1) is 9.27. The smallest absolute Gasteiger partial charge is 0.314 e. The maximum Gasteiger partial charge on any atom is 0.408 e. The normalized spacial score (nSPS) is 10.1. The number of nitrogens with one attached hydrogen (secondary N) is 2. The summed E-state index contributed by atoms with van der Waals surface area (Å²) in [6, 6.07) is 9.80. The van der Waals surface area contributed by atoms with Crippen LogP contribution in [0.3, 0.4) is 0 Å². The fraction of sp³-hybridized carbons (Fsp3) is 0.200. The minimum atomic E-state index is -0.180. The summed E-state index contributed by atoms with van der Waals surface area (Å²) in [7, 11) is 0. The first kappa shape index (κ1) is 14.7. The quantitative estimate of drug-likeness (QED) is 0.422. The number of carbonyl (C=O) groups is 1. The molecule has 0 aliphatic rings. The Morgan fingerprint density at radius 2 is 2.00 bits per heavy atom. The number of carbonyl (C=O) groups excluding carboxylic acids is 1. The topological polar surface area (TPSA) is 46.3 Å². The van der Waals surface area contributed by atoms with Gasteiger partial charge in [-0.15, -0.1) is 6.58 Å². The Hall–Kier alpha value is -2.36. The van der Waals surface area contributed by atoms with Gasteiger partial charge < -0.3 is 5.32 Å². The lowest BCUT2D eigenvalue weighted by atomic mass is 10.2. The van der Waals surface area contributed by atoms with Crippen molar-refractivity contribution >= 4 is 12.4 Å². The van der Waals surface area contributed by atoms with Crippen LogP contribution in [-0.4, -0.2) is 30.4 Å². The van der Waals surface area contributed by atoms with E-state index in [1.54, 1.807) is 18.5 Å². The molecule has 0 saturated heterocycles. The second kappa shape index (κ2) is 8.69. The van der Waals surface area contributed by atoms with Crippen LogP contribution < -0.4 is 10.3 Å². The van der Waals surface area contributed by atoms with Crippen molar-refractivity contribution in [2.45, 2.75) is 6.54 Å². The van der Waals surface area contributed by atoms with E-state index in [-0.39, 0.29) is 6.03 Å². The Balaban J connectivity index is 2.54. The second-order valence-corrected chi connectivity index (χ2v) is 3.91. The standard InChI is InChI=1S/C15H19N3O/c1-3-10-17-15(19)18(11-4-2)13-16-12-14-8-6-5-7-9-14/h3-9,13H,1-2,10-12H2,(H,17,19)/p+1. The summed E-state index contributed by atoms with van der Waals surface area (Å²) < 4.78 is 0. The van der Waals surface area contributed by atoms with Gasteiger partial charge in [0.15, 0.2) is 0 Å². The van der Waals surface area contributed by atoms with Crippen molar-refractivity contribution in [1.29, 1.82) is 0 Å². The lowest BCUT2D eigenvalue weighted by molar-refractivity contribution is -0.474. The minimum Gasteiger partial charge on any atom is -0.314 e. The van der Waals surface area contributed by atoms with E-state index >= 15 is 0 Å². The van der Waals surface area contributed by atoms with E-state index in [1.807, 2.05) is 30.3 Å². The van der Waals surface area contributed by atoms with Crippen LogP contribution in [0.5, 0.6) is 0 Å². The van der Waals surface area contributed by atoms with Crippen molar-refractivity contribution in [2.75, 3.05) is 13.1 Å². The summed E-state index contributed by atoms with van der Waals surface area (Å²) in [5.74, 6) is 0. The van der Waals surface area contributed by atoms with Gasteiger partial charge in [-0.25, -0.2) is 4.79 Å². The lowest BCUT2D eigenvalue weighted by Crippen LogP contribution is -2.70. The van der Waals surface area contributed by atoms with Gasteiger partial charge in [0.25, 0.3) is 0 Å². The summed E-state index contributed by atoms with van der Waals surface area (Å²) in [6.07, 6.45) is 4.97. The first-order valence-corrected chi connectivity index (χ1v) is 6.15. The molecule has 0 spiro atoms. The number of nitrogens with zero attached hydrogens (tertiary/aromatic N) is 1. The molecule has 0 radical (unpaired) electrons. The zero-order valence-corrected chi connectivity index (χ0v) is 11.0. The highest BCUT2D eigenvalue weighted by atomic mass is 16.2. The van der Waals surface area contributed by atoms with Crippen molar-refractivity contribution in [3.63, 3.8) is 0 Å². The minimum absolute atomic E-state index is 0.180. The maximum absolute atomic E-state index is 11.8. The monoisotopic (exact) mass is 258 g/mol. The summed E-state index contributed by atoms with van der Waals surface area (Å²) in [5.41, 5.74) is 1.16. The van der Waals surface area contributed by atoms with Gasteiger partial charge in [0.05, 0.1) is 0 Å². The Bertz CT molecular complexity index is 440. The number of benzene rings is 1. The highest BCUT2D eigenvalue weighted by Gasteiger charge is 2.14. The van der Waals surface area contributed by atoms with E-state index < -0.39 is 0 Å². The van der Waals surface area contributed by atoms with Crippen molar-refractivity contribution in [3.05, 3.63) is 61.2 Å². The number of hydrogen-bond donors (Lipinski definition) is 2. The van der Waals surface area contributed by atoms with E-state index in [0.29, 0.717) is 19.6 Å². The van der Waals surface area contributed by atoms with Crippen LogP contribution in [0.1, 0.15) is 5.56 Å². The molecule has 0 unspecified atom stereocenters. The molecule has 0 bridgehead atoms. The van der Waals surface area contributed by atoms with Crippen LogP contribution >= 0.6 is 0 Å². The molecular weight excluding hydrogens is 238 g/mol. The summed E-state index contributed by atoms with van der Waals surface area (Å²) in [5, 5.41) is 2.72. The summed E-state index contributed by atoms with van der Waals surface area (Å²) in [6.45, 7) is 8.76. The first-order valence-electron chi connectivity index (χ1n) is 6.15. The Morgan fingerprint density at radius 1 is 1.26 bits per heavy atom. The Labute approximate surface area is 114 Å². The van der Waals surface area contributed by atoms with Crippen LogP contribution in [0.15, 0.2) is 55.6 Å². The van der Waals surface area contributed by atoms with Gasteiger partial charge in [-0.3, -0.25) is 4.99 Å². The van der Waals surface area contributed by atoms with E-state index in [1.165, 1.54) is 4.90 Å². The number of hydrogen-bond acceptors (Lipinski definition) is 1. The third kappa shape index (κ3) is 5.68. The fourth-order valence-corrected chi connectivity index (χ4v) is 1.46. The zero-order chi connectivity index (χ0) is 13.9. The van der Waals surface area contributed by atoms with Gasteiger partial charge in [0, 0.05) is 6.54 Å². The molecule has 2 N–H and O–H groups in total. The number of amides is 2. The number of rotatable bonds is 7. The number of urea groups is 1. The molecule has 0 heterocycles. The third-order valence-electron chi connectivity index (χ3n) is 2.38. The molecule has 4 heteroatoms. The van der Waals surface area contributed by atoms with E-state index in [4.69, 9.17) is 0 Å². The van der Waals surface area contributed by atoms with Crippen LogP contribution in [0.2, 0.25) is 0 Å². The van der Waals surface area contributed by atoms with Gasteiger partial charge in [0.1, 0.15) is 13.1 Å². The van der Waals surface area contributed by atoms with Crippen LogP contribution in [-0.2, 0) is 6.54 Å². The van der Waals surface area contributed by atoms with Gasteiger partial charge in [0.2, 0.25) is 6.34 Å². The van der Waals surface area contributed by atoms with Crippen LogP contribution in [0.25, 0.3) is 0 Å². The van der Waals surface area contributed by atoms with Crippen molar-refractivity contribution in [3.8, 4) is 0 Å². The molecule has 1 aromatic carbocycles. The van der Waals surface area contributed by atoms with E-state index in [0.717, 1.165) is 5.56 Å². The predicted molar refractivity (Wildman–Crippen MR) is 77.7 cm³/mol. The van der Waals surface area contributed by atoms with Crippen LogP contribution in [0, 0.1) is 0 Å². The molecule has 0 aromatic heterocycles. The molecule has 1 rings (SSSR count). The highest BCUT2D eigenvalue weighted by Crippen LogP contribution is 1.93. The molecule has 0 aliphatic carbocycles. The van der Waals surface area contributed by atoms with E-state index in [2.05, 4.69) is 23.5 Å².